The lowest BCUT2D eigenvalue weighted by Crippen LogP contribution is -2.10. The molecule has 0 saturated heterocycles. The molecule has 0 aliphatic heterocycles. The lowest BCUT2D eigenvalue weighted by molar-refractivity contribution is 1.28. The van der Waals surface area contributed by atoms with Crippen LogP contribution in [0.25, 0.3) is 22.0 Å². The smallest absolute Gasteiger partial charge is 0.0540 e. The minimum absolute atomic E-state index is 1.14. The fourth-order valence-corrected chi connectivity index (χ4v) is 3.79. The number of H-pyrrole nitrogens is 1. The first-order valence-corrected chi connectivity index (χ1v) is 9.47. The van der Waals surface area contributed by atoms with Crippen LogP contribution in [0.4, 0.5) is 17.1 Å². The number of anilines is 3. The van der Waals surface area contributed by atoms with Gasteiger partial charge in [-0.1, -0.05) is 72.8 Å². The van der Waals surface area contributed by atoms with Crippen molar-refractivity contribution in [3.05, 3.63) is 115 Å². The van der Waals surface area contributed by atoms with Crippen LogP contribution in [0.2, 0.25) is 0 Å². The Balaban J connectivity index is 1.77. The summed E-state index contributed by atoms with van der Waals surface area (Å²) in [5.74, 6) is 0. The molecule has 5 aromatic rings. The Morgan fingerprint density at radius 1 is 0.500 bits per heavy atom. The summed E-state index contributed by atoms with van der Waals surface area (Å²) in [6.07, 6.45) is 2.00. The van der Waals surface area contributed by atoms with Crippen molar-refractivity contribution in [1.29, 1.82) is 0 Å². The molecule has 1 N–H and O–H groups in total. The van der Waals surface area contributed by atoms with Crippen LogP contribution in [-0.2, 0) is 0 Å². The summed E-state index contributed by atoms with van der Waals surface area (Å²) in [6.45, 7) is 0. The molecule has 0 saturated carbocycles. The molecule has 0 atom stereocenters. The minimum Gasteiger partial charge on any atom is -0.361 e. The molecule has 1 aromatic heterocycles. The van der Waals surface area contributed by atoms with Crippen LogP contribution in [-0.4, -0.2) is 4.98 Å². The lowest BCUT2D eigenvalue weighted by atomic mass is 10.00. The van der Waals surface area contributed by atoms with Crippen LogP contribution in [0, 0.1) is 0 Å². The Kier molecular flexibility index (Phi) is 4.15. The van der Waals surface area contributed by atoms with Gasteiger partial charge in [0.15, 0.2) is 0 Å². The van der Waals surface area contributed by atoms with E-state index in [1.54, 1.807) is 0 Å². The fraction of sp³-hybridized carbons (Fsp3) is 0. The van der Waals surface area contributed by atoms with E-state index in [2.05, 4.69) is 119 Å². The highest BCUT2D eigenvalue weighted by Crippen LogP contribution is 2.41. The molecule has 0 aliphatic rings. The number of nitrogens with one attached hydrogen (secondary N) is 1. The number of hydrogen-bond acceptors (Lipinski definition) is 1. The molecule has 0 aliphatic carbocycles. The number of aromatic amines is 1. The number of nitrogens with zero attached hydrogens (tertiary/aromatic N) is 1. The van der Waals surface area contributed by atoms with Gasteiger partial charge in [-0.25, -0.2) is 0 Å². The van der Waals surface area contributed by atoms with Crippen LogP contribution >= 0.6 is 0 Å². The van der Waals surface area contributed by atoms with E-state index < -0.39 is 0 Å². The number of para-hydroxylation sites is 4. The zero-order valence-electron chi connectivity index (χ0n) is 15.4. The van der Waals surface area contributed by atoms with E-state index in [4.69, 9.17) is 0 Å². The number of rotatable bonds is 4. The molecule has 0 fully saturated rings. The highest BCUT2D eigenvalue weighted by atomic mass is 15.1. The summed E-state index contributed by atoms with van der Waals surface area (Å²) < 4.78 is 0. The number of fused-ring (bicyclic) bond motifs is 1. The van der Waals surface area contributed by atoms with Crippen LogP contribution in [0.15, 0.2) is 115 Å². The van der Waals surface area contributed by atoms with E-state index in [-0.39, 0.29) is 0 Å². The second-order valence-electron chi connectivity index (χ2n) is 6.77. The van der Waals surface area contributed by atoms with E-state index in [1.165, 1.54) is 16.5 Å². The quantitative estimate of drug-likeness (QED) is 0.356. The van der Waals surface area contributed by atoms with E-state index in [0.29, 0.717) is 0 Å². The summed E-state index contributed by atoms with van der Waals surface area (Å²) in [7, 11) is 0. The van der Waals surface area contributed by atoms with Crippen molar-refractivity contribution in [2.24, 2.45) is 0 Å². The van der Waals surface area contributed by atoms with Gasteiger partial charge in [-0.2, -0.15) is 0 Å². The molecular weight excluding hydrogens is 340 g/mol. The van der Waals surface area contributed by atoms with Gasteiger partial charge in [-0.3, -0.25) is 0 Å². The molecule has 0 radical (unpaired) electrons. The Bertz CT molecular complexity index is 1170. The van der Waals surface area contributed by atoms with Gasteiger partial charge in [-0.05, 0) is 41.8 Å². The van der Waals surface area contributed by atoms with Gasteiger partial charge in [0.2, 0.25) is 0 Å². The van der Waals surface area contributed by atoms with Crippen molar-refractivity contribution in [2.45, 2.75) is 0 Å². The third-order valence-electron chi connectivity index (χ3n) is 5.05. The highest BCUT2D eigenvalue weighted by Gasteiger charge is 2.17. The monoisotopic (exact) mass is 360 g/mol. The first-order chi connectivity index (χ1) is 13.9. The number of benzene rings is 4. The number of hydrogen-bond donors (Lipinski definition) is 1. The highest BCUT2D eigenvalue weighted by molar-refractivity contribution is 5.99. The molecule has 0 spiro atoms. The van der Waals surface area contributed by atoms with Crippen molar-refractivity contribution in [2.75, 3.05) is 4.90 Å². The molecule has 0 amide bonds. The zero-order valence-corrected chi connectivity index (χ0v) is 15.4. The molecular formula is C26H20N2. The van der Waals surface area contributed by atoms with Crippen molar-refractivity contribution in [3.63, 3.8) is 0 Å². The molecule has 4 aromatic carbocycles. The molecule has 134 valence electrons. The van der Waals surface area contributed by atoms with Crippen LogP contribution in [0.3, 0.4) is 0 Å². The van der Waals surface area contributed by atoms with Crippen LogP contribution < -0.4 is 4.90 Å². The molecule has 0 unspecified atom stereocenters. The van der Waals surface area contributed by atoms with E-state index in [9.17, 15) is 0 Å². The minimum atomic E-state index is 1.14. The average Bonchev–Trinajstić information content (AvgIpc) is 3.25. The lowest BCUT2D eigenvalue weighted by Gasteiger charge is -2.27. The van der Waals surface area contributed by atoms with Crippen molar-refractivity contribution >= 4 is 28.0 Å². The second-order valence-corrected chi connectivity index (χ2v) is 6.77. The van der Waals surface area contributed by atoms with Gasteiger partial charge in [0.05, 0.1) is 11.2 Å². The van der Waals surface area contributed by atoms with Gasteiger partial charge in [0, 0.05) is 28.7 Å². The normalized spacial score (nSPS) is 10.9. The van der Waals surface area contributed by atoms with Crippen LogP contribution in [0.1, 0.15) is 0 Å². The van der Waals surface area contributed by atoms with Gasteiger partial charge in [0.25, 0.3) is 0 Å². The Labute approximate surface area is 164 Å². The standard InChI is InChI=1S/C26H20N2/c1-3-11-21(12-4-1)28(22-13-5-2-6-14-22)25-17-8-7-15-23(25)24-16-9-10-20-18-19-27-26(20)24/h1-19,27H. The largest absolute Gasteiger partial charge is 0.361 e. The van der Waals surface area contributed by atoms with Gasteiger partial charge >= 0.3 is 0 Å². The van der Waals surface area contributed by atoms with Crippen molar-refractivity contribution in [3.8, 4) is 11.1 Å². The number of aromatic nitrogens is 1. The first-order valence-electron chi connectivity index (χ1n) is 9.47. The summed E-state index contributed by atoms with van der Waals surface area (Å²) in [4.78, 5) is 5.73. The topological polar surface area (TPSA) is 19.0 Å². The van der Waals surface area contributed by atoms with E-state index >= 15 is 0 Å². The summed E-state index contributed by atoms with van der Waals surface area (Å²) in [5.41, 5.74) is 7.00. The first kappa shape index (κ1) is 16.4. The van der Waals surface area contributed by atoms with Gasteiger partial charge < -0.3 is 9.88 Å². The van der Waals surface area contributed by atoms with Crippen molar-refractivity contribution < 1.29 is 0 Å². The summed E-state index contributed by atoms with van der Waals surface area (Å²) in [5, 5.41) is 1.22. The third kappa shape index (κ3) is 2.85. The van der Waals surface area contributed by atoms with Crippen LogP contribution in [0.5, 0.6) is 0 Å². The molecule has 28 heavy (non-hydrogen) atoms. The van der Waals surface area contributed by atoms with Crippen molar-refractivity contribution in [1.82, 2.24) is 4.98 Å². The summed E-state index contributed by atoms with van der Waals surface area (Å²) >= 11 is 0. The zero-order chi connectivity index (χ0) is 18.8. The maximum atomic E-state index is 3.41. The summed E-state index contributed by atoms with van der Waals surface area (Å²) in [6, 6.07) is 38.2. The molecule has 0 bridgehead atoms. The second kappa shape index (κ2) is 7.09. The maximum absolute atomic E-state index is 3.41. The maximum Gasteiger partial charge on any atom is 0.0540 e. The van der Waals surface area contributed by atoms with E-state index in [0.717, 1.165) is 22.6 Å². The molecule has 2 nitrogen and oxygen atoms in total. The molecule has 5 rings (SSSR count). The van der Waals surface area contributed by atoms with Gasteiger partial charge in [-0.15, -0.1) is 0 Å². The fourth-order valence-electron chi connectivity index (χ4n) is 3.79. The Hall–Kier alpha value is -3.78. The predicted octanol–water partition coefficient (Wildman–Crippen LogP) is 7.30. The SMILES string of the molecule is c1ccc(N(c2ccccc2)c2ccccc2-c2cccc3cc[nH]c23)cc1. The Morgan fingerprint density at radius 2 is 1.11 bits per heavy atom. The Morgan fingerprint density at radius 3 is 1.82 bits per heavy atom. The average molecular weight is 360 g/mol. The molecule has 1 heterocycles. The predicted molar refractivity (Wildman–Crippen MR) is 118 cm³/mol. The van der Waals surface area contributed by atoms with Gasteiger partial charge in [0.1, 0.15) is 0 Å². The molecule has 2 heteroatoms. The third-order valence-corrected chi connectivity index (χ3v) is 5.05. The van der Waals surface area contributed by atoms with E-state index in [1.807, 2.05) is 6.20 Å².